The zero-order valence-electron chi connectivity index (χ0n) is 8.68. The molecule has 0 amide bonds. The Morgan fingerprint density at radius 1 is 1.43 bits per heavy atom. The second-order valence-electron chi connectivity index (χ2n) is 4.21. The van der Waals surface area contributed by atoms with Crippen molar-refractivity contribution in [2.45, 2.75) is 32.7 Å². The summed E-state index contributed by atoms with van der Waals surface area (Å²) in [5, 5.41) is 4.34. The van der Waals surface area contributed by atoms with E-state index in [9.17, 15) is 0 Å². The molecule has 1 N–H and O–H groups in total. The first-order valence-electron chi connectivity index (χ1n) is 5.20. The average molecular weight is 210 g/mol. The number of anilines is 1. The Bertz CT molecular complexity index is 331. The summed E-state index contributed by atoms with van der Waals surface area (Å²) in [4.78, 5) is 0. The molecule has 0 aromatic heterocycles. The van der Waals surface area contributed by atoms with E-state index in [0.29, 0.717) is 6.04 Å². The first kappa shape index (κ1) is 9.85. The van der Waals surface area contributed by atoms with Crippen LogP contribution in [0.5, 0.6) is 0 Å². The van der Waals surface area contributed by atoms with Gasteiger partial charge < -0.3 is 5.32 Å². The molecular formula is C12H16ClN. The molecule has 1 saturated carbocycles. The molecule has 0 heterocycles. The third-order valence-electron chi connectivity index (χ3n) is 2.90. The second kappa shape index (κ2) is 3.82. The molecule has 1 atom stereocenters. The van der Waals surface area contributed by atoms with Crippen LogP contribution in [-0.2, 0) is 0 Å². The molecular weight excluding hydrogens is 194 g/mol. The molecule has 1 nitrogen and oxygen atoms in total. The largest absolute Gasteiger partial charge is 0.381 e. The van der Waals surface area contributed by atoms with Crippen molar-refractivity contribution < 1.29 is 0 Å². The van der Waals surface area contributed by atoms with Crippen molar-refractivity contribution in [3.8, 4) is 0 Å². The van der Waals surface area contributed by atoms with E-state index in [-0.39, 0.29) is 0 Å². The minimum Gasteiger partial charge on any atom is -0.381 e. The highest BCUT2D eigenvalue weighted by Crippen LogP contribution is 2.35. The lowest BCUT2D eigenvalue weighted by Crippen LogP contribution is -2.17. The summed E-state index contributed by atoms with van der Waals surface area (Å²) in [7, 11) is 0. The third-order valence-corrected chi connectivity index (χ3v) is 3.41. The normalized spacial score (nSPS) is 17.9. The van der Waals surface area contributed by atoms with E-state index in [0.717, 1.165) is 22.2 Å². The number of aryl methyl sites for hydroxylation is 1. The smallest absolute Gasteiger partial charge is 0.0666 e. The topological polar surface area (TPSA) is 12.0 Å². The molecule has 0 saturated heterocycles. The van der Waals surface area contributed by atoms with E-state index in [1.807, 2.05) is 25.1 Å². The fraction of sp³-hybridized carbons (Fsp3) is 0.500. The molecule has 1 aliphatic rings. The van der Waals surface area contributed by atoms with Crippen LogP contribution in [0.4, 0.5) is 5.69 Å². The van der Waals surface area contributed by atoms with Crippen molar-refractivity contribution in [2.24, 2.45) is 5.92 Å². The van der Waals surface area contributed by atoms with Crippen LogP contribution < -0.4 is 5.32 Å². The highest BCUT2D eigenvalue weighted by Gasteiger charge is 2.28. The van der Waals surface area contributed by atoms with Gasteiger partial charge in [0.05, 0.1) is 10.7 Å². The standard InChI is InChI=1S/C12H16ClN/c1-8-4-3-5-11(12(8)13)14-9(2)10-6-7-10/h3-5,9-10,14H,6-7H2,1-2H3. The van der Waals surface area contributed by atoms with Crippen LogP contribution in [0, 0.1) is 12.8 Å². The zero-order valence-corrected chi connectivity index (χ0v) is 9.43. The van der Waals surface area contributed by atoms with Crippen molar-refractivity contribution in [3.05, 3.63) is 28.8 Å². The molecule has 0 radical (unpaired) electrons. The summed E-state index contributed by atoms with van der Waals surface area (Å²) in [6.45, 7) is 4.27. The fourth-order valence-corrected chi connectivity index (χ4v) is 1.90. The van der Waals surface area contributed by atoms with Gasteiger partial charge in [-0.1, -0.05) is 23.7 Å². The molecule has 2 rings (SSSR count). The Labute approximate surface area is 90.5 Å². The van der Waals surface area contributed by atoms with Crippen LogP contribution in [0.2, 0.25) is 5.02 Å². The van der Waals surface area contributed by atoms with Gasteiger partial charge in [0.2, 0.25) is 0 Å². The average Bonchev–Trinajstić information content (AvgIpc) is 2.95. The highest BCUT2D eigenvalue weighted by molar-refractivity contribution is 6.34. The number of hydrogen-bond acceptors (Lipinski definition) is 1. The SMILES string of the molecule is Cc1cccc(NC(C)C2CC2)c1Cl. The minimum absolute atomic E-state index is 0.550. The number of halogens is 1. The van der Waals surface area contributed by atoms with Crippen LogP contribution in [0.25, 0.3) is 0 Å². The van der Waals surface area contributed by atoms with E-state index in [4.69, 9.17) is 11.6 Å². The van der Waals surface area contributed by atoms with Crippen LogP contribution >= 0.6 is 11.6 Å². The fourth-order valence-electron chi connectivity index (χ4n) is 1.72. The Morgan fingerprint density at radius 2 is 2.14 bits per heavy atom. The van der Waals surface area contributed by atoms with Crippen molar-refractivity contribution in [1.29, 1.82) is 0 Å². The van der Waals surface area contributed by atoms with Gasteiger partial charge in [0, 0.05) is 6.04 Å². The van der Waals surface area contributed by atoms with Gasteiger partial charge in [-0.15, -0.1) is 0 Å². The van der Waals surface area contributed by atoms with Gasteiger partial charge in [-0.05, 0) is 44.2 Å². The minimum atomic E-state index is 0.550. The lowest BCUT2D eigenvalue weighted by atomic mass is 10.1. The lowest BCUT2D eigenvalue weighted by molar-refractivity contribution is 0.694. The molecule has 1 unspecified atom stereocenters. The molecule has 1 aromatic rings. The summed E-state index contributed by atoms with van der Waals surface area (Å²) in [6.07, 6.45) is 2.72. The van der Waals surface area contributed by atoms with E-state index in [2.05, 4.69) is 12.2 Å². The summed E-state index contributed by atoms with van der Waals surface area (Å²) < 4.78 is 0. The van der Waals surface area contributed by atoms with Gasteiger partial charge in [0.15, 0.2) is 0 Å². The Balaban J connectivity index is 2.11. The summed E-state index contributed by atoms with van der Waals surface area (Å²) in [6, 6.07) is 6.68. The van der Waals surface area contributed by atoms with Crippen molar-refractivity contribution in [2.75, 3.05) is 5.32 Å². The Morgan fingerprint density at radius 3 is 2.79 bits per heavy atom. The van der Waals surface area contributed by atoms with Crippen molar-refractivity contribution in [3.63, 3.8) is 0 Å². The summed E-state index contributed by atoms with van der Waals surface area (Å²) >= 11 is 6.20. The van der Waals surface area contributed by atoms with Gasteiger partial charge in [0.1, 0.15) is 0 Å². The molecule has 1 aliphatic carbocycles. The van der Waals surface area contributed by atoms with Gasteiger partial charge in [-0.3, -0.25) is 0 Å². The van der Waals surface area contributed by atoms with Gasteiger partial charge in [0.25, 0.3) is 0 Å². The molecule has 2 heteroatoms. The predicted octanol–water partition coefficient (Wildman–Crippen LogP) is 3.86. The Kier molecular flexibility index (Phi) is 2.69. The number of benzene rings is 1. The monoisotopic (exact) mass is 209 g/mol. The van der Waals surface area contributed by atoms with Gasteiger partial charge >= 0.3 is 0 Å². The molecule has 0 spiro atoms. The quantitative estimate of drug-likeness (QED) is 0.797. The highest BCUT2D eigenvalue weighted by atomic mass is 35.5. The van der Waals surface area contributed by atoms with Gasteiger partial charge in [-0.25, -0.2) is 0 Å². The molecule has 0 aliphatic heterocycles. The first-order valence-corrected chi connectivity index (χ1v) is 5.58. The van der Waals surface area contributed by atoms with Crippen LogP contribution in [0.15, 0.2) is 18.2 Å². The molecule has 14 heavy (non-hydrogen) atoms. The molecule has 0 bridgehead atoms. The maximum atomic E-state index is 6.20. The van der Waals surface area contributed by atoms with E-state index in [1.54, 1.807) is 0 Å². The predicted molar refractivity (Wildman–Crippen MR) is 62.0 cm³/mol. The number of nitrogens with one attached hydrogen (secondary N) is 1. The molecule has 76 valence electrons. The van der Waals surface area contributed by atoms with Crippen molar-refractivity contribution >= 4 is 17.3 Å². The van der Waals surface area contributed by atoms with Crippen molar-refractivity contribution in [1.82, 2.24) is 0 Å². The number of hydrogen-bond donors (Lipinski definition) is 1. The molecule has 1 fully saturated rings. The lowest BCUT2D eigenvalue weighted by Gasteiger charge is -2.16. The summed E-state index contributed by atoms with van der Waals surface area (Å²) in [5.74, 6) is 0.853. The second-order valence-corrected chi connectivity index (χ2v) is 4.58. The van der Waals surface area contributed by atoms with E-state index >= 15 is 0 Å². The first-order chi connectivity index (χ1) is 6.68. The molecule has 1 aromatic carbocycles. The van der Waals surface area contributed by atoms with Gasteiger partial charge in [-0.2, -0.15) is 0 Å². The van der Waals surface area contributed by atoms with Crippen LogP contribution in [-0.4, -0.2) is 6.04 Å². The maximum absolute atomic E-state index is 6.20. The van der Waals surface area contributed by atoms with E-state index < -0.39 is 0 Å². The summed E-state index contributed by atoms with van der Waals surface area (Å²) in [5.41, 5.74) is 2.21. The third kappa shape index (κ3) is 2.03. The van der Waals surface area contributed by atoms with Crippen LogP contribution in [0.1, 0.15) is 25.3 Å². The maximum Gasteiger partial charge on any atom is 0.0666 e. The Hall–Kier alpha value is -0.690. The van der Waals surface area contributed by atoms with E-state index in [1.165, 1.54) is 12.8 Å². The zero-order chi connectivity index (χ0) is 10.1. The van der Waals surface area contributed by atoms with Crippen LogP contribution in [0.3, 0.4) is 0 Å². The number of rotatable bonds is 3.